The molecule has 0 saturated carbocycles. The zero-order valence-electron chi connectivity index (χ0n) is 8.48. The molecule has 2 unspecified atom stereocenters. The first-order valence-corrected chi connectivity index (χ1v) is 5.31. The molecule has 0 aliphatic heterocycles. The van der Waals surface area contributed by atoms with E-state index < -0.39 is 0 Å². The normalized spacial score (nSPS) is 16.2. The molecule has 1 aromatic heterocycles. The standard InChI is InChI=1S/C9H16N2OS/c1-5(2)8-10-9(13-11-8)6(3)7(4)12/h5-7,12H,1-4H3. The molecular formula is C9H16N2OS. The van der Waals surface area contributed by atoms with E-state index in [-0.39, 0.29) is 12.0 Å². The number of aromatic nitrogens is 2. The molecular weight excluding hydrogens is 184 g/mol. The molecule has 0 aliphatic rings. The first kappa shape index (κ1) is 10.6. The van der Waals surface area contributed by atoms with Gasteiger partial charge < -0.3 is 5.11 Å². The topological polar surface area (TPSA) is 46.0 Å². The van der Waals surface area contributed by atoms with Gasteiger partial charge in [0.05, 0.1) is 6.10 Å². The summed E-state index contributed by atoms with van der Waals surface area (Å²) in [6, 6.07) is 0. The minimum absolute atomic E-state index is 0.0880. The number of hydrogen-bond donors (Lipinski definition) is 1. The van der Waals surface area contributed by atoms with E-state index in [2.05, 4.69) is 23.2 Å². The molecule has 2 atom stereocenters. The molecule has 4 heteroatoms. The first-order chi connectivity index (χ1) is 6.02. The molecule has 0 bridgehead atoms. The third-order valence-corrected chi connectivity index (χ3v) is 3.02. The van der Waals surface area contributed by atoms with Crippen molar-refractivity contribution in [1.82, 2.24) is 9.36 Å². The van der Waals surface area contributed by atoms with E-state index in [0.29, 0.717) is 5.92 Å². The number of rotatable bonds is 3. The van der Waals surface area contributed by atoms with Crippen molar-refractivity contribution in [2.75, 3.05) is 0 Å². The van der Waals surface area contributed by atoms with Gasteiger partial charge in [-0.25, -0.2) is 4.98 Å². The van der Waals surface area contributed by atoms with E-state index in [0.717, 1.165) is 10.8 Å². The van der Waals surface area contributed by atoms with Crippen molar-refractivity contribution in [2.24, 2.45) is 0 Å². The number of aliphatic hydroxyl groups excluding tert-OH is 1. The van der Waals surface area contributed by atoms with E-state index >= 15 is 0 Å². The molecule has 0 radical (unpaired) electrons. The average Bonchev–Trinajstić information content (AvgIpc) is 2.50. The van der Waals surface area contributed by atoms with Gasteiger partial charge in [0, 0.05) is 11.8 Å². The van der Waals surface area contributed by atoms with E-state index in [9.17, 15) is 5.11 Å². The summed E-state index contributed by atoms with van der Waals surface area (Å²) in [6.45, 7) is 7.88. The Bertz CT molecular complexity index is 270. The van der Waals surface area contributed by atoms with Gasteiger partial charge in [-0.05, 0) is 18.5 Å². The van der Waals surface area contributed by atoms with Gasteiger partial charge in [0.15, 0.2) is 0 Å². The van der Waals surface area contributed by atoms with Gasteiger partial charge in [0.25, 0.3) is 0 Å². The first-order valence-electron chi connectivity index (χ1n) is 4.54. The third kappa shape index (κ3) is 2.48. The Kier molecular flexibility index (Phi) is 3.39. The fourth-order valence-corrected chi connectivity index (χ4v) is 1.81. The molecule has 13 heavy (non-hydrogen) atoms. The average molecular weight is 200 g/mol. The third-order valence-electron chi connectivity index (χ3n) is 2.09. The second-order valence-electron chi connectivity index (χ2n) is 3.67. The minimum atomic E-state index is -0.354. The monoisotopic (exact) mass is 200 g/mol. The van der Waals surface area contributed by atoms with Crippen molar-refractivity contribution in [3.05, 3.63) is 10.8 Å². The molecule has 1 aromatic rings. The van der Waals surface area contributed by atoms with E-state index in [1.165, 1.54) is 11.5 Å². The van der Waals surface area contributed by atoms with Crippen LogP contribution in [0.2, 0.25) is 0 Å². The fraction of sp³-hybridized carbons (Fsp3) is 0.778. The molecule has 1 heterocycles. The highest BCUT2D eigenvalue weighted by Gasteiger charge is 2.17. The molecule has 0 spiro atoms. The minimum Gasteiger partial charge on any atom is -0.393 e. The Morgan fingerprint density at radius 2 is 1.85 bits per heavy atom. The van der Waals surface area contributed by atoms with Crippen LogP contribution in [-0.4, -0.2) is 20.6 Å². The summed E-state index contributed by atoms with van der Waals surface area (Å²) in [5, 5.41) is 10.3. The Morgan fingerprint density at radius 1 is 1.23 bits per heavy atom. The van der Waals surface area contributed by atoms with Crippen LogP contribution in [0, 0.1) is 0 Å². The molecule has 1 rings (SSSR count). The second-order valence-corrected chi connectivity index (χ2v) is 4.46. The smallest absolute Gasteiger partial charge is 0.145 e. The quantitative estimate of drug-likeness (QED) is 0.813. The summed E-state index contributed by atoms with van der Waals surface area (Å²) in [6.07, 6.45) is -0.354. The maximum atomic E-state index is 9.36. The van der Waals surface area contributed by atoms with Crippen molar-refractivity contribution in [3.8, 4) is 0 Å². The van der Waals surface area contributed by atoms with Crippen LogP contribution in [0.5, 0.6) is 0 Å². The summed E-state index contributed by atoms with van der Waals surface area (Å²) < 4.78 is 4.24. The maximum absolute atomic E-state index is 9.36. The molecule has 0 saturated heterocycles. The summed E-state index contributed by atoms with van der Waals surface area (Å²) in [5.41, 5.74) is 0. The van der Waals surface area contributed by atoms with E-state index in [4.69, 9.17) is 0 Å². The van der Waals surface area contributed by atoms with Crippen LogP contribution < -0.4 is 0 Å². The van der Waals surface area contributed by atoms with E-state index in [1.54, 1.807) is 6.92 Å². The summed E-state index contributed by atoms with van der Waals surface area (Å²) in [4.78, 5) is 4.38. The molecule has 74 valence electrons. The summed E-state index contributed by atoms with van der Waals surface area (Å²) in [5.74, 6) is 1.34. The van der Waals surface area contributed by atoms with Crippen LogP contribution in [0.1, 0.15) is 50.4 Å². The molecule has 0 aliphatic carbocycles. The molecule has 0 fully saturated rings. The lowest BCUT2D eigenvalue weighted by Gasteiger charge is -2.09. The van der Waals surface area contributed by atoms with Crippen LogP contribution in [0.4, 0.5) is 0 Å². The predicted octanol–water partition coefficient (Wildman–Crippen LogP) is 2.15. The van der Waals surface area contributed by atoms with Crippen molar-refractivity contribution in [3.63, 3.8) is 0 Å². The van der Waals surface area contributed by atoms with Gasteiger partial charge in [-0.3, -0.25) is 0 Å². The predicted molar refractivity (Wildman–Crippen MR) is 54.1 cm³/mol. The SMILES string of the molecule is CC(C)c1nsc(C(C)C(C)O)n1. The van der Waals surface area contributed by atoms with Crippen molar-refractivity contribution >= 4 is 11.5 Å². The highest BCUT2D eigenvalue weighted by molar-refractivity contribution is 7.05. The zero-order chi connectivity index (χ0) is 10.0. The number of nitrogens with zero attached hydrogens (tertiary/aromatic N) is 2. The Labute approximate surface area is 83.0 Å². The molecule has 0 aromatic carbocycles. The van der Waals surface area contributed by atoms with Gasteiger partial charge in [0.2, 0.25) is 0 Å². The van der Waals surface area contributed by atoms with Crippen molar-refractivity contribution in [2.45, 2.75) is 45.6 Å². The molecule has 0 amide bonds. The maximum Gasteiger partial charge on any atom is 0.145 e. The number of hydrogen-bond acceptors (Lipinski definition) is 4. The molecule has 3 nitrogen and oxygen atoms in total. The Balaban J connectivity index is 2.79. The lowest BCUT2D eigenvalue weighted by atomic mass is 10.1. The fourth-order valence-electron chi connectivity index (χ4n) is 0.873. The number of aliphatic hydroxyl groups is 1. The highest BCUT2D eigenvalue weighted by Crippen LogP contribution is 2.23. The van der Waals surface area contributed by atoms with Gasteiger partial charge in [-0.1, -0.05) is 20.8 Å². The Morgan fingerprint density at radius 3 is 2.23 bits per heavy atom. The van der Waals surface area contributed by atoms with Crippen LogP contribution in [0.25, 0.3) is 0 Å². The zero-order valence-corrected chi connectivity index (χ0v) is 9.30. The van der Waals surface area contributed by atoms with Crippen molar-refractivity contribution in [1.29, 1.82) is 0 Å². The van der Waals surface area contributed by atoms with Crippen LogP contribution in [-0.2, 0) is 0 Å². The van der Waals surface area contributed by atoms with Crippen LogP contribution in [0.15, 0.2) is 0 Å². The van der Waals surface area contributed by atoms with Crippen LogP contribution >= 0.6 is 11.5 Å². The van der Waals surface area contributed by atoms with Gasteiger partial charge in [-0.2, -0.15) is 4.37 Å². The largest absolute Gasteiger partial charge is 0.393 e. The summed E-state index contributed by atoms with van der Waals surface area (Å²) in [7, 11) is 0. The molecule has 1 N–H and O–H groups in total. The van der Waals surface area contributed by atoms with Gasteiger partial charge in [0.1, 0.15) is 10.8 Å². The lowest BCUT2D eigenvalue weighted by molar-refractivity contribution is 0.169. The van der Waals surface area contributed by atoms with Gasteiger partial charge >= 0.3 is 0 Å². The highest BCUT2D eigenvalue weighted by atomic mass is 32.1. The summed E-state index contributed by atoms with van der Waals surface area (Å²) >= 11 is 1.39. The van der Waals surface area contributed by atoms with Crippen LogP contribution in [0.3, 0.4) is 0 Å². The second kappa shape index (κ2) is 4.15. The van der Waals surface area contributed by atoms with Gasteiger partial charge in [-0.15, -0.1) is 0 Å². The Hall–Kier alpha value is -0.480. The van der Waals surface area contributed by atoms with E-state index in [1.807, 2.05) is 6.92 Å². The van der Waals surface area contributed by atoms with Crippen molar-refractivity contribution < 1.29 is 5.11 Å². The lowest BCUT2D eigenvalue weighted by Crippen LogP contribution is -2.10.